The molecule has 2 N–H and O–H groups in total. The summed E-state index contributed by atoms with van der Waals surface area (Å²) in [6.07, 6.45) is -3.87. The summed E-state index contributed by atoms with van der Waals surface area (Å²) >= 11 is 0. The summed E-state index contributed by atoms with van der Waals surface area (Å²) in [6, 6.07) is 10.0. The molecule has 3 aromatic rings. The lowest BCUT2D eigenvalue weighted by atomic mass is 10.1. The van der Waals surface area contributed by atoms with Crippen LogP contribution < -0.4 is 10.1 Å². The Morgan fingerprint density at radius 2 is 2.00 bits per heavy atom. The van der Waals surface area contributed by atoms with Crippen molar-refractivity contribution in [3.05, 3.63) is 65.7 Å². The van der Waals surface area contributed by atoms with E-state index in [0.717, 1.165) is 13.1 Å². The first-order valence-electron chi connectivity index (χ1n) is 11.1. The highest BCUT2D eigenvalue weighted by atomic mass is 19.4. The van der Waals surface area contributed by atoms with E-state index in [1.54, 1.807) is 12.1 Å². The molecule has 1 aliphatic rings. The number of aromatic amines is 1. The zero-order valence-electron chi connectivity index (χ0n) is 19.0. The third kappa shape index (κ3) is 6.84. The molecule has 0 unspecified atom stereocenters. The predicted octanol–water partition coefficient (Wildman–Crippen LogP) is 3.94. The van der Waals surface area contributed by atoms with Crippen LogP contribution in [0.15, 0.2) is 48.7 Å². The van der Waals surface area contributed by atoms with Crippen LogP contribution in [0.25, 0.3) is 11.4 Å². The summed E-state index contributed by atoms with van der Waals surface area (Å²) in [5.41, 5.74) is -0.163. The number of anilines is 1. The van der Waals surface area contributed by atoms with Crippen molar-refractivity contribution in [3.63, 3.8) is 0 Å². The molecule has 0 radical (unpaired) electrons. The second-order valence-electron chi connectivity index (χ2n) is 7.87. The number of morpholine rings is 1. The zero-order chi connectivity index (χ0) is 25.5. The Kier molecular flexibility index (Phi) is 7.87. The van der Waals surface area contributed by atoms with Gasteiger partial charge in [-0.05, 0) is 36.4 Å². The van der Waals surface area contributed by atoms with Crippen molar-refractivity contribution < 1.29 is 31.8 Å². The van der Waals surface area contributed by atoms with E-state index < -0.39 is 23.6 Å². The van der Waals surface area contributed by atoms with Crippen LogP contribution in [0.1, 0.15) is 11.3 Å². The molecule has 0 aliphatic carbocycles. The maximum Gasteiger partial charge on any atom is 0.432 e. The van der Waals surface area contributed by atoms with Gasteiger partial charge in [-0.2, -0.15) is 13.2 Å². The van der Waals surface area contributed by atoms with E-state index in [2.05, 4.69) is 32.0 Å². The Morgan fingerprint density at radius 1 is 1.19 bits per heavy atom. The molecule has 0 saturated carbocycles. The van der Waals surface area contributed by atoms with Gasteiger partial charge in [-0.15, -0.1) is 0 Å². The minimum atomic E-state index is -4.57. The number of carbonyl (C=O) groups is 1. The second kappa shape index (κ2) is 11.2. The van der Waals surface area contributed by atoms with Crippen molar-refractivity contribution in [1.82, 2.24) is 14.9 Å². The fraction of sp³-hybridized carbons (Fsp3) is 0.280. The van der Waals surface area contributed by atoms with Gasteiger partial charge in [0.2, 0.25) is 0 Å². The molecule has 36 heavy (non-hydrogen) atoms. The van der Waals surface area contributed by atoms with Crippen LogP contribution in [0.5, 0.6) is 5.75 Å². The molecule has 188 valence electrons. The van der Waals surface area contributed by atoms with E-state index in [0.29, 0.717) is 49.4 Å². The molecule has 11 heteroatoms. The molecule has 1 aromatic heterocycles. The molecular formula is C25H22F4N4O3. The second-order valence-corrected chi connectivity index (χ2v) is 7.87. The van der Waals surface area contributed by atoms with Crippen molar-refractivity contribution in [1.29, 1.82) is 0 Å². The molecule has 1 fully saturated rings. The van der Waals surface area contributed by atoms with Crippen molar-refractivity contribution in [2.24, 2.45) is 0 Å². The zero-order valence-corrected chi connectivity index (χ0v) is 19.0. The Hall–Kier alpha value is -3.88. The van der Waals surface area contributed by atoms with Crippen molar-refractivity contribution in [2.75, 3.05) is 44.8 Å². The lowest BCUT2D eigenvalue weighted by Crippen LogP contribution is -2.38. The van der Waals surface area contributed by atoms with Gasteiger partial charge < -0.3 is 19.8 Å². The van der Waals surface area contributed by atoms with Gasteiger partial charge in [0, 0.05) is 36.7 Å². The number of H-pyrrole nitrogens is 1. The van der Waals surface area contributed by atoms with E-state index >= 15 is 0 Å². The van der Waals surface area contributed by atoms with E-state index in [1.807, 2.05) is 0 Å². The number of amides is 1. The highest BCUT2D eigenvalue weighted by molar-refractivity contribution is 6.05. The quantitative estimate of drug-likeness (QED) is 0.395. The highest BCUT2D eigenvalue weighted by Gasteiger charge is 2.33. The lowest BCUT2D eigenvalue weighted by molar-refractivity contribution is -0.140. The molecule has 1 saturated heterocycles. The number of imidazole rings is 1. The molecule has 2 heterocycles. The number of benzene rings is 2. The van der Waals surface area contributed by atoms with Gasteiger partial charge in [0.05, 0.1) is 25.1 Å². The van der Waals surface area contributed by atoms with Crippen LogP contribution in [0.4, 0.5) is 23.2 Å². The first kappa shape index (κ1) is 25.2. The molecule has 2 aromatic carbocycles. The number of hydrogen-bond donors (Lipinski definition) is 2. The largest absolute Gasteiger partial charge is 0.490 e. The standard InChI is InChI=1S/C25H22F4N4O3/c26-19-3-1-2-17(14-19)4-7-23(34)31-20-15-18(24-30-16-22(32-24)25(27,28)29)5-6-21(20)36-13-10-33-8-11-35-12-9-33/h1-3,5-6,14-16H,8-13H2,(H,30,32)(H,31,34). The summed E-state index contributed by atoms with van der Waals surface area (Å²) in [6.45, 7) is 3.79. The first-order valence-corrected chi connectivity index (χ1v) is 11.1. The average molecular weight is 502 g/mol. The SMILES string of the molecule is O=C(C#Cc1cccc(F)c1)Nc1cc(-c2ncc(C(F)(F)F)[nH]2)ccc1OCCN1CCOCC1. The van der Waals surface area contributed by atoms with Gasteiger partial charge in [0.25, 0.3) is 0 Å². The molecule has 0 atom stereocenters. The van der Waals surface area contributed by atoms with Gasteiger partial charge >= 0.3 is 12.1 Å². The summed E-state index contributed by atoms with van der Waals surface area (Å²) in [5, 5.41) is 2.60. The fourth-order valence-corrected chi connectivity index (χ4v) is 3.47. The Balaban J connectivity index is 1.53. The lowest BCUT2D eigenvalue weighted by Gasteiger charge is -2.26. The maximum atomic E-state index is 13.4. The molecule has 7 nitrogen and oxygen atoms in total. The van der Waals surface area contributed by atoms with Gasteiger partial charge in [0.15, 0.2) is 0 Å². The van der Waals surface area contributed by atoms with Crippen molar-refractivity contribution in [2.45, 2.75) is 6.18 Å². The van der Waals surface area contributed by atoms with Crippen LogP contribution in [-0.4, -0.2) is 60.2 Å². The number of rotatable bonds is 6. The summed E-state index contributed by atoms with van der Waals surface area (Å²) in [4.78, 5) is 20.7. The van der Waals surface area contributed by atoms with Crippen molar-refractivity contribution in [3.8, 4) is 29.0 Å². The molecule has 1 amide bonds. The molecule has 0 spiro atoms. The average Bonchev–Trinajstić information content (AvgIpc) is 3.36. The highest BCUT2D eigenvalue weighted by Crippen LogP contribution is 2.32. The van der Waals surface area contributed by atoms with E-state index in [9.17, 15) is 22.4 Å². The maximum absolute atomic E-state index is 13.4. The minimum Gasteiger partial charge on any atom is -0.490 e. The molecule has 1 aliphatic heterocycles. The number of alkyl halides is 3. The number of hydrogen-bond acceptors (Lipinski definition) is 5. The Bertz CT molecular complexity index is 1270. The van der Waals surface area contributed by atoms with Crippen LogP contribution in [-0.2, 0) is 15.7 Å². The Morgan fingerprint density at radius 3 is 2.72 bits per heavy atom. The number of nitrogens with one attached hydrogen (secondary N) is 2. The van der Waals surface area contributed by atoms with Crippen LogP contribution in [0.2, 0.25) is 0 Å². The molecular weight excluding hydrogens is 480 g/mol. The van der Waals surface area contributed by atoms with Gasteiger partial charge in [-0.1, -0.05) is 12.0 Å². The third-order valence-electron chi connectivity index (χ3n) is 5.30. The Labute approximate surface area is 204 Å². The topological polar surface area (TPSA) is 79.5 Å². The number of carbonyl (C=O) groups excluding carboxylic acids is 1. The number of halogens is 4. The summed E-state index contributed by atoms with van der Waals surface area (Å²) in [7, 11) is 0. The normalized spacial score (nSPS) is 14.1. The first-order chi connectivity index (χ1) is 17.3. The number of aromatic nitrogens is 2. The molecule has 4 rings (SSSR count). The van der Waals surface area contributed by atoms with Crippen LogP contribution in [0, 0.1) is 17.7 Å². The van der Waals surface area contributed by atoms with Crippen LogP contribution >= 0.6 is 0 Å². The monoisotopic (exact) mass is 502 g/mol. The van der Waals surface area contributed by atoms with E-state index in [-0.39, 0.29) is 11.5 Å². The fourth-order valence-electron chi connectivity index (χ4n) is 3.47. The third-order valence-corrected chi connectivity index (χ3v) is 5.30. The predicted molar refractivity (Wildman–Crippen MR) is 124 cm³/mol. The van der Waals surface area contributed by atoms with E-state index in [4.69, 9.17) is 9.47 Å². The van der Waals surface area contributed by atoms with Crippen LogP contribution in [0.3, 0.4) is 0 Å². The smallest absolute Gasteiger partial charge is 0.432 e. The minimum absolute atomic E-state index is 0.0245. The number of nitrogens with zero attached hydrogens (tertiary/aromatic N) is 2. The van der Waals surface area contributed by atoms with Gasteiger partial charge in [-0.25, -0.2) is 9.37 Å². The van der Waals surface area contributed by atoms with Gasteiger partial charge in [-0.3, -0.25) is 9.69 Å². The van der Waals surface area contributed by atoms with Gasteiger partial charge in [0.1, 0.15) is 29.7 Å². The summed E-state index contributed by atoms with van der Waals surface area (Å²) in [5.74, 6) is 4.05. The number of ether oxygens (including phenoxy) is 2. The molecule has 0 bridgehead atoms. The van der Waals surface area contributed by atoms with Crippen molar-refractivity contribution >= 4 is 11.6 Å². The summed E-state index contributed by atoms with van der Waals surface area (Å²) < 4.78 is 63.5. The van der Waals surface area contributed by atoms with E-state index in [1.165, 1.54) is 30.3 Å².